The number of aliphatic hydroxyl groups is 4. The first-order chi connectivity index (χ1) is 26.5. The quantitative estimate of drug-likeness (QED) is 0.163. The van der Waals surface area contributed by atoms with Gasteiger partial charge in [-0.05, 0) is 79.9 Å². The van der Waals surface area contributed by atoms with Crippen molar-refractivity contribution in [2.24, 2.45) is 0 Å². The lowest BCUT2D eigenvalue weighted by Gasteiger charge is -2.48. The van der Waals surface area contributed by atoms with Crippen LogP contribution in [0.15, 0.2) is 60.7 Å². The second-order valence-corrected chi connectivity index (χ2v) is 17.7. The minimum absolute atomic E-state index is 0.0817. The molecule has 1 saturated carbocycles. The maximum Gasteiger partial charge on any atom is 0.408 e. The third kappa shape index (κ3) is 14.4. The van der Waals surface area contributed by atoms with Crippen molar-refractivity contribution >= 4 is 18.3 Å². The maximum absolute atomic E-state index is 13.2. The van der Waals surface area contributed by atoms with E-state index in [9.17, 15) is 34.8 Å². The first-order valence-electron chi connectivity index (χ1n) is 19.3. The Balaban J connectivity index is 1.67. The molecule has 318 valence electrons. The van der Waals surface area contributed by atoms with E-state index in [1.807, 2.05) is 65.6 Å². The topological polar surface area (TPSA) is 218 Å². The zero-order valence-corrected chi connectivity index (χ0v) is 34.4. The highest BCUT2D eigenvalue weighted by atomic mass is 16.7. The average molecular weight is 803 g/mol. The molecule has 7 N–H and O–H groups in total. The molecule has 2 fully saturated rings. The van der Waals surface area contributed by atoms with Gasteiger partial charge >= 0.3 is 18.3 Å². The summed E-state index contributed by atoms with van der Waals surface area (Å²) in [4.78, 5) is 41.1. The van der Waals surface area contributed by atoms with Crippen LogP contribution >= 0.6 is 0 Å². The lowest BCUT2D eigenvalue weighted by atomic mass is 9.83. The smallest absolute Gasteiger partial charge is 0.408 e. The van der Waals surface area contributed by atoms with Gasteiger partial charge in [-0.1, -0.05) is 60.7 Å². The van der Waals surface area contributed by atoms with E-state index in [0.717, 1.165) is 11.1 Å². The molecule has 2 aliphatic rings. The Labute approximate surface area is 335 Å². The lowest BCUT2D eigenvalue weighted by molar-refractivity contribution is -0.296. The van der Waals surface area contributed by atoms with Crippen LogP contribution in [0, 0.1) is 0 Å². The predicted molar refractivity (Wildman–Crippen MR) is 209 cm³/mol. The lowest BCUT2D eigenvalue weighted by Crippen LogP contribution is -2.70. The van der Waals surface area contributed by atoms with Crippen molar-refractivity contribution in [3.05, 3.63) is 71.8 Å². The molecule has 4 rings (SSSR count). The summed E-state index contributed by atoms with van der Waals surface area (Å²) in [6.07, 6.45) is -13.7. The van der Waals surface area contributed by atoms with Gasteiger partial charge in [-0.25, -0.2) is 14.4 Å². The van der Waals surface area contributed by atoms with Crippen molar-refractivity contribution in [3.63, 3.8) is 0 Å². The van der Waals surface area contributed by atoms with E-state index in [4.69, 9.17) is 23.7 Å². The minimum atomic E-state index is -1.78. The Morgan fingerprint density at radius 1 is 0.632 bits per heavy atom. The third-order valence-corrected chi connectivity index (χ3v) is 9.02. The molecule has 1 aliphatic heterocycles. The molecule has 1 saturated heterocycles. The fourth-order valence-electron chi connectivity index (χ4n) is 6.67. The van der Waals surface area contributed by atoms with Gasteiger partial charge in [-0.2, -0.15) is 0 Å². The number of hydrogen-bond donors (Lipinski definition) is 7. The van der Waals surface area contributed by atoms with Gasteiger partial charge in [0.2, 0.25) is 0 Å². The van der Waals surface area contributed by atoms with Crippen molar-refractivity contribution < 1.29 is 58.5 Å². The van der Waals surface area contributed by atoms with Crippen molar-refractivity contribution in [2.45, 2.75) is 160 Å². The molecule has 0 unspecified atom stereocenters. The van der Waals surface area contributed by atoms with Gasteiger partial charge in [0.05, 0.1) is 12.1 Å². The Kier molecular flexibility index (Phi) is 15.3. The number of aliphatic hydroxyl groups excluding tert-OH is 4. The summed E-state index contributed by atoms with van der Waals surface area (Å²) in [5.41, 5.74) is -0.728. The van der Waals surface area contributed by atoms with Crippen LogP contribution in [0.1, 0.15) is 79.9 Å². The van der Waals surface area contributed by atoms with Gasteiger partial charge < -0.3 is 60.1 Å². The normalized spacial score (nSPS) is 28.2. The molecule has 0 radical (unpaired) electrons. The first kappa shape index (κ1) is 45.7. The average Bonchev–Trinajstić information content (AvgIpc) is 3.07. The van der Waals surface area contributed by atoms with E-state index >= 15 is 0 Å². The van der Waals surface area contributed by atoms with Crippen molar-refractivity contribution in [1.82, 2.24) is 20.9 Å². The third-order valence-electron chi connectivity index (χ3n) is 9.02. The molecular formula is C41H62N4O12. The molecule has 2 aromatic rings. The molecule has 1 aliphatic carbocycles. The number of carbonyl (C=O) groups excluding carboxylic acids is 3. The SMILES string of the molecule is CC(C)(C)OC(=O)N[C@H]1[C@@H](O[C@H]2[C@H](O)[C@@H](O)[C@H](NC(=O)OC(C)(C)C)C[C@@H]2NC(=O)OC(C)(C)C)O[C@H](CN(Cc2ccccc2)Cc2ccccc2)[C@@H](O)[C@@H]1O. The Morgan fingerprint density at radius 3 is 1.53 bits per heavy atom. The molecular weight excluding hydrogens is 740 g/mol. The number of ether oxygens (including phenoxy) is 5. The molecule has 0 bridgehead atoms. The van der Waals surface area contributed by atoms with Crippen LogP contribution < -0.4 is 16.0 Å². The molecule has 0 aromatic heterocycles. The molecule has 16 heteroatoms. The monoisotopic (exact) mass is 802 g/mol. The maximum atomic E-state index is 13.2. The van der Waals surface area contributed by atoms with E-state index in [1.54, 1.807) is 62.3 Å². The van der Waals surface area contributed by atoms with Gasteiger partial charge in [0.15, 0.2) is 6.29 Å². The van der Waals surface area contributed by atoms with Crippen LogP contribution in [-0.2, 0) is 36.8 Å². The van der Waals surface area contributed by atoms with Gasteiger partial charge in [-0.3, -0.25) is 4.90 Å². The van der Waals surface area contributed by atoms with Crippen LogP contribution in [0.25, 0.3) is 0 Å². The Morgan fingerprint density at radius 2 is 1.07 bits per heavy atom. The van der Waals surface area contributed by atoms with E-state index in [1.165, 1.54) is 0 Å². The van der Waals surface area contributed by atoms with E-state index in [0.29, 0.717) is 13.1 Å². The summed E-state index contributed by atoms with van der Waals surface area (Å²) in [5.74, 6) is 0. The summed E-state index contributed by atoms with van der Waals surface area (Å²) in [6.45, 7) is 16.0. The summed E-state index contributed by atoms with van der Waals surface area (Å²) in [5, 5.41) is 54.0. The van der Waals surface area contributed by atoms with Crippen molar-refractivity contribution in [3.8, 4) is 0 Å². The first-order valence-corrected chi connectivity index (χ1v) is 19.3. The largest absolute Gasteiger partial charge is 0.444 e. The number of amides is 3. The van der Waals surface area contributed by atoms with Crippen LogP contribution in [-0.4, -0.2) is 128 Å². The number of nitrogens with one attached hydrogen (secondary N) is 3. The van der Waals surface area contributed by atoms with Crippen LogP contribution in [0.3, 0.4) is 0 Å². The number of rotatable bonds is 11. The number of nitrogens with zero attached hydrogens (tertiary/aromatic N) is 1. The molecule has 2 aromatic carbocycles. The highest BCUT2D eigenvalue weighted by Gasteiger charge is 2.52. The van der Waals surface area contributed by atoms with Crippen molar-refractivity contribution in [1.29, 1.82) is 0 Å². The van der Waals surface area contributed by atoms with Crippen LogP contribution in [0.5, 0.6) is 0 Å². The summed E-state index contributed by atoms with van der Waals surface area (Å²) < 4.78 is 29.1. The van der Waals surface area contributed by atoms with Gasteiger partial charge in [0.25, 0.3) is 0 Å². The van der Waals surface area contributed by atoms with Gasteiger partial charge in [-0.15, -0.1) is 0 Å². The van der Waals surface area contributed by atoms with E-state index in [2.05, 4.69) is 16.0 Å². The van der Waals surface area contributed by atoms with Crippen molar-refractivity contribution in [2.75, 3.05) is 6.54 Å². The highest BCUT2D eigenvalue weighted by molar-refractivity contribution is 5.69. The van der Waals surface area contributed by atoms with Gasteiger partial charge in [0.1, 0.15) is 59.5 Å². The molecule has 10 atom stereocenters. The highest BCUT2D eigenvalue weighted by Crippen LogP contribution is 2.31. The standard InChI is InChI=1S/C41H62N4O12/c1-39(2,3)55-36(50)42-26-20-27(43-37(51)56-40(4,5)6)34(33(49)30(26)46)54-35-29(44-38(52)57-41(7,8)9)32(48)31(47)28(53-35)23-45(21-24-16-12-10-13-17-24)22-25-18-14-11-15-19-25/h10-19,26-35,46-49H,20-23H2,1-9H3,(H,42,50)(H,43,51)(H,44,52)/t26-,27+,28-,29-,30+,31-,32-,33-,34-,35-/m1/s1. The second-order valence-electron chi connectivity index (χ2n) is 17.7. The number of alkyl carbamates (subject to hydrolysis) is 3. The zero-order chi connectivity index (χ0) is 42.3. The summed E-state index contributed by atoms with van der Waals surface area (Å²) in [6, 6.07) is 15.6. The predicted octanol–water partition coefficient (Wildman–Crippen LogP) is 3.33. The number of carbonyl (C=O) groups is 3. The Bertz CT molecular complexity index is 1560. The van der Waals surface area contributed by atoms with E-state index in [-0.39, 0.29) is 13.0 Å². The second kappa shape index (κ2) is 19.1. The fourth-order valence-corrected chi connectivity index (χ4v) is 6.67. The molecule has 16 nitrogen and oxygen atoms in total. The molecule has 0 spiro atoms. The number of hydrogen-bond acceptors (Lipinski definition) is 13. The number of benzene rings is 2. The van der Waals surface area contributed by atoms with Crippen LogP contribution in [0.2, 0.25) is 0 Å². The summed E-state index contributed by atoms with van der Waals surface area (Å²) >= 11 is 0. The van der Waals surface area contributed by atoms with Gasteiger partial charge in [0, 0.05) is 19.6 Å². The summed E-state index contributed by atoms with van der Waals surface area (Å²) in [7, 11) is 0. The molecule has 3 amide bonds. The van der Waals surface area contributed by atoms with E-state index < -0.39 is 96.1 Å². The minimum Gasteiger partial charge on any atom is -0.444 e. The molecule has 57 heavy (non-hydrogen) atoms. The molecule has 1 heterocycles. The fraction of sp³-hybridized carbons (Fsp3) is 0.634. The Hall–Kier alpha value is -4.03. The van der Waals surface area contributed by atoms with Crippen LogP contribution in [0.4, 0.5) is 14.4 Å². The zero-order valence-electron chi connectivity index (χ0n) is 34.4.